The second-order valence-electron chi connectivity index (χ2n) is 7.51. The largest absolute Gasteiger partial charge is 0.380 e. The van der Waals surface area contributed by atoms with Crippen LogP contribution in [0.5, 0.6) is 0 Å². The molecule has 2 aromatic rings. The Bertz CT molecular complexity index is 716. The van der Waals surface area contributed by atoms with E-state index in [1.54, 1.807) is 0 Å². The van der Waals surface area contributed by atoms with Crippen LogP contribution >= 0.6 is 11.3 Å². The molecule has 0 amide bonds. The molecule has 0 radical (unpaired) electrons. The molecule has 0 saturated carbocycles. The van der Waals surface area contributed by atoms with Crippen LogP contribution in [0.1, 0.15) is 53.7 Å². The van der Waals surface area contributed by atoms with Gasteiger partial charge in [0, 0.05) is 10.4 Å². The van der Waals surface area contributed by atoms with E-state index >= 15 is 0 Å². The molecular weight excluding hydrogens is 314 g/mol. The summed E-state index contributed by atoms with van der Waals surface area (Å²) in [7, 11) is 2.18. The molecule has 2 unspecified atom stereocenters. The Hall–Kier alpha value is -1.16. The van der Waals surface area contributed by atoms with Crippen molar-refractivity contribution in [2.75, 3.05) is 20.1 Å². The van der Waals surface area contributed by atoms with Crippen molar-refractivity contribution in [1.82, 2.24) is 4.90 Å². The van der Waals surface area contributed by atoms with Crippen molar-refractivity contribution in [3.8, 4) is 0 Å². The molecule has 24 heavy (non-hydrogen) atoms. The molecule has 1 saturated heterocycles. The highest BCUT2D eigenvalue weighted by molar-refractivity contribution is 7.10. The lowest BCUT2D eigenvalue weighted by Crippen LogP contribution is -2.43. The maximum absolute atomic E-state index is 12.2. The minimum absolute atomic E-state index is 0.304. The molecule has 1 N–H and O–H groups in total. The number of nitrogens with zero attached hydrogens (tertiary/aromatic N) is 1. The first-order valence-electron chi connectivity index (χ1n) is 9.21. The third-order valence-electron chi connectivity index (χ3n) is 6.17. The van der Waals surface area contributed by atoms with Gasteiger partial charge in [-0.2, -0.15) is 0 Å². The number of aliphatic hydroxyl groups is 1. The summed E-state index contributed by atoms with van der Waals surface area (Å²) < 4.78 is 0. The summed E-state index contributed by atoms with van der Waals surface area (Å²) in [6.07, 6.45) is 4.31. The van der Waals surface area contributed by atoms with Gasteiger partial charge in [-0.15, -0.1) is 11.3 Å². The second-order valence-corrected chi connectivity index (χ2v) is 8.46. The molecule has 0 bridgehead atoms. The van der Waals surface area contributed by atoms with Gasteiger partial charge < -0.3 is 10.0 Å². The number of benzene rings is 1. The van der Waals surface area contributed by atoms with E-state index in [0.717, 1.165) is 44.3 Å². The van der Waals surface area contributed by atoms with Crippen LogP contribution in [0.25, 0.3) is 0 Å². The van der Waals surface area contributed by atoms with E-state index in [0.29, 0.717) is 11.8 Å². The lowest BCUT2D eigenvalue weighted by Gasteiger charge is -2.41. The second kappa shape index (κ2) is 6.29. The highest BCUT2D eigenvalue weighted by Crippen LogP contribution is 2.50. The van der Waals surface area contributed by atoms with Gasteiger partial charge in [-0.3, -0.25) is 0 Å². The fraction of sp³-hybridized carbons (Fsp3) is 0.524. The number of fused-ring (bicyclic) bond motifs is 2. The van der Waals surface area contributed by atoms with E-state index in [9.17, 15) is 5.11 Å². The number of hydrogen-bond acceptors (Lipinski definition) is 3. The Labute approximate surface area is 149 Å². The molecule has 1 fully saturated rings. The molecule has 1 aliphatic heterocycles. The van der Waals surface area contributed by atoms with Gasteiger partial charge in [0.1, 0.15) is 5.60 Å². The summed E-state index contributed by atoms with van der Waals surface area (Å²) >= 11 is 1.84. The van der Waals surface area contributed by atoms with Crippen LogP contribution in [-0.4, -0.2) is 30.1 Å². The van der Waals surface area contributed by atoms with Crippen LogP contribution in [0.2, 0.25) is 0 Å². The average molecular weight is 342 g/mol. The van der Waals surface area contributed by atoms with Crippen molar-refractivity contribution in [1.29, 1.82) is 0 Å². The van der Waals surface area contributed by atoms with Crippen molar-refractivity contribution in [3.63, 3.8) is 0 Å². The van der Waals surface area contributed by atoms with E-state index in [-0.39, 0.29) is 0 Å². The lowest BCUT2D eigenvalue weighted by molar-refractivity contribution is -0.0111. The fourth-order valence-corrected chi connectivity index (χ4v) is 5.87. The van der Waals surface area contributed by atoms with Crippen LogP contribution in [0.3, 0.4) is 0 Å². The van der Waals surface area contributed by atoms with Crippen molar-refractivity contribution >= 4 is 11.3 Å². The summed E-state index contributed by atoms with van der Waals surface area (Å²) in [5.41, 5.74) is 2.88. The van der Waals surface area contributed by atoms with Gasteiger partial charge in [0.2, 0.25) is 0 Å². The Morgan fingerprint density at radius 2 is 1.92 bits per heavy atom. The highest BCUT2D eigenvalue weighted by atomic mass is 32.1. The van der Waals surface area contributed by atoms with Crippen LogP contribution < -0.4 is 0 Å². The number of piperidine rings is 1. The van der Waals surface area contributed by atoms with E-state index in [1.807, 2.05) is 11.3 Å². The molecule has 2 nitrogen and oxygen atoms in total. The molecule has 3 heteroatoms. The van der Waals surface area contributed by atoms with Gasteiger partial charge >= 0.3 is 0 Å². The predicted molar refractivity (Wildman–Crippen MR) is 101 cm³/mol. The van der Waals surface area contributed by atoms with E-state index in [4.69, 9.17) is 0 Å². The highest BCUT2D eigenvalue weighted by Gasteiger charge is 2.46. The van der Waals surface area contributed by atoms with E-state index in [2.05, 4.69) is 54.6 Å². The van der Waals surface area contributed by atoms with Crippen molar-refractivity contribution < 1.29 is 5.11 Å². The zero-order chi connectivity index (χ0) is 16.7. The topological polar surface area (TPSA) is 23.5 Å². The predicted octanol–water partition coefficient (Wildman–Crippen LogP) is 4.38. The smallest absolute Gasteiger partial charge is 0.119 e. The van der Waals surface area contributed by atoms with Gasteiger partial charge in [-0.25, -0.2) is 0 Å². The molecule has 1 aromatic carbocycles. The SMILES string of the molecule is CCC1Cc2ccccc2C(O)(C2CCN(C)CC2)c2ccsc21. The molecule has 4 rings (SSSR count). The molecule has 1 aromatic heterocycles. The molecule has 2 heterocycles. The Kier molecular flexibility index (Phi) is 4.27. The third kappa shape index (κ3) is 2.45. The molecule has 128 valence electrons. The molecular formula is C21H27NOS. The first-order chi connectivity index (χ1) is 11.6. The summed E-state index contributed by atoms with van der Waals surface area (Å²) in [6.45, 7) is 4.42. The van der Waals surface area contributed by atoms with Crippen LogP contribution in [0.15, 0.2) is 35.7 Å². The Balaban J connectivity index is 1.89. The number of hydrogen-bond donors (Lipinski definition) is 1. The molecule has 0 spiro atoms. The monoisotopic (exact) mass is 341 g/mol. The first-order valence-corrected chi connectivity index (χ1v) is 10.1. The zero-order valence-electron chi connectivity index (χ0n) is 14.7. The molecule has 1 aliphatic carbocycles. The van der Waals surface area contributed by atoms with Crippen molar-refractivity contribution in [3.05, 3.63) is 57.3 Å². The van der Waals surface area contributed by atoms with Crippen molar-refractivity contribution in [2.24, 2.45) is 5.92 Å². The maximum Gasteiger partial charge on any atom is 0.119 e. The molecule has 2 aliphatic rings. The summed E-state index contributed by atoms with van der Waals surface area (Å²) in [4.78, 5) is 3.79. The van der Waals surface area contributed by atoms with Crippen molar-refractivity contribution in [2.45, 2.75) is 44.1 Å². The summed E-state index contributed by atoms with van der Waals surface area (Å²) in [5.74, 6) is 0.834. The van der Waals surface area contributed by atoms with Crippen LogP contribution in [-0.2, 0) is 12.0 Å². The van der Waals surface area contributed by atoms with Gasteiger partial charge in [0.25, 0.3) is 0 Å². The maximum atomic E-state index is 12.2. The lowest BCUT2D eigenvalue weighted by atomic mass is 9.71. The quantitative estimate of drug-likeness (QED) is 0.876. The van der Waals surface area contributed by atoms with Crippen LogP contribution in [0.4, 0.5) is 0 Å². The van der Waals surface area contributed by atoms with E-state index in [1.165, 1.54) is 16.0 Å². The minimum Gasteiger partial charge on any atom is -0.380 e. The van der Waals surface area contributed by atoms with Gasteiger partial charge in [-0.1, -0.05) is 31.2 Å². The number of thiophene rings is 1. The first kappa shape index (κ1) is 16.3. The van der Waals surface area contributed by atoms with Gasteiger partial charge in [0.05, 0.1) is 0 Å². The van der Waals surface area contributed by atoms with Crippen LogP contribution in [0, 0.1) is 5.92 Å². The van der Waals surface area contributed by atoms with Gasteiger partial charge in [-0.05, 0) is 80.2 Å². The normalized spacial score (nSPS) is 28.2. The standard InChI is InChI=1S/C21H27NOS/c1-3-15-14-16-6-4-5-7-18(16)21(23,19-10-13-24-20(15)19)17-8-11-22(2)12-9-17/h4-7,10,13,15,17,23H,3,8-9,11-12,14H2,1-2H3. The van der Waals surface area contributed by atoms with E-state index < -0.39 is 5.60 Å². The third-order valence-corrected chi connectivity index (χ3v) is 7.25. The van der Waals surface area contributed by atoms with Gasteiger partial charge in [0.15, 0.2) is 0 Å². The number of rotatable bonds is 2. The summed E-state index contributed by atoms with van der Waals surface area (Å²) in [5, 5.41) is 14.3. The minimum atomic E-state index is -0.822. The zero-order valence-corrected chi connectivity index (χ0v) is 15.5. The fourth-order valence-electron chi connectivity index (χ4n) is 4.72. The Morgan fingerprint density at radius 3 is 2.67 bits per heavy atom. The molecule has 2 atom stereocenters. The average Bonchev–Trinajstić information content (AvgIpc) is 3.06. The summed E-state index contributed by atoms with van der Waals surface area (Å²) in [6, 6.07) is 10.8. The Morgan fingerprint density at radius 1 is 1.17 bits per heavy atom. The number of likely N-dealkylation sites (tertiary alicyclic amines) is 1.